The summed E-state index contributed by atoms with van der Waals surface area (Å²) in [6, 6.07) is 17.0. The van der Waals surface area contributed by atoms with Gasteiger partial charge < -0.3 is 10.0 Å². The lowest BCUT2D eigenvalue weighted by molar-refractivity contribution is 0.122. The van der Waals surface area contributed by atoms with E-state index in [1.807, 2.05) is 49.4 Å². The number of aliphatic hydroxyl groups excluding tert-OH is 1. The van der Waals surface area contributed by atoms with Crippen molar-refractivity contribution in [3.05, 3.63) is 77.2 Å². The van der Waals surface area contributed by atoms with E-state index in [1.165, 1.54) is 6.07 Å². The Balaban J connectivity index is 1.73. The van der Waals surface area contributed by atoms with E-state index in [4.69, 9.17) is 9.97 Å². The van der Waals surface area contributed by atoms with Gasteiger partial charge in [-0.25, -0.2) is 14.4 Å². The number of anilines is 1. The van der Waals surface area contributed by atoms with Crippen LogP contribution in [-0.2, 0) is 12.8 Å². The molecule has 168 valence electrons. The molecule has 0 saturated carbocycles. The van der Waals surface area contributed by atoms with E-state index in [2.05, 4.69) is 16.7 Å². The van der Waals surface area contributed by atoms with Crippen LogP contribution in [0.1, 0.15) is 30.7 Å². The van der Waals surface area contributed by atoms with Gasteiger partial charge in [0.05, 0.1) is 6.10 Å². The summed E-state index contributed by atoms with van der Waals surface area (Å²) >= 11 is 0. The van der Waals surface area contributed by atoms with E-state index >= 15 is 0 Å². The molecule has 0 spiro atoms. The average Bonchev–Trinajstić information content (AvgIpc) is 2.81. The van der Waals surface area contributed by atoms with E-state index in [1.54, 1.807) is 6.07 Å². The first-order chi connectivity index (χ1) is 15.5. The predicted octanol–water partition coefficient (Wildman–Crippen LogP) is 3.94. The molecule has 0 aliphatic carbocycles. The zero-order chi connectivity index (χ0) is 22.5. The molecule has 3 aromatic rings. The van der Waals surface area contributed by atoms with Crippen molar-refractivity contribution in [3.63, 3.8) is 0 Å². The van der Waals surface area contributed by atoms with Crippen molar-refractivity contribution in [3.8, 4) is 11.4 Å². The molecule has 1 aromatic heterocycles. The highest BCUT2D eigenvalue weighted by atomic mass is 19.1. The van der Waals surface area contributed by atoms with E-state index in [-0.39, 0.29) is 11.9 Å². The summed E-state index contributed by atoms with van der Waals surface area (Å²) in [6.07, 6.45) is 0.878. The smallest absolute Gasteiger partial charge is 0.161 e. The van der Waals surface area contributed by atoms with E-state index in [0.717, 1.165) is 55.2 Å². The molecule has 0 bridgehead atoms. The Morgan fingerprint density at radius 2 is 1.66 bits per heavy atom. The number of benzene rings is 2. The average molecular weight is 435 g/mol. The number of aliphatic hydroxyl groups is 1. The fourth-order valence-corrected chi connectivity index (χ4v) is 4.32. The number of piperazine rings is 1. The highest BCUT2D eigenvalue weighted by Gasteiger charge is 2.24. The number of aryl methyl sites for hydroxylation is 1. The van der Waals surface area contributed by atoms with Crippen LogP contribution >= 0.6 is 0 Å². The third-order valence-electron chi connectivity index (χ3n) is 5.96. The standard InChI is InChI=1S/C26H31FN4O/c1-3-24-22(17-21-11-7-8-12-23(21)27)26(29-25(28-24)20-9-5-4-6-10-20)31-15-13-30(14-16-31)18-19(2)32/h4-12,19,32H,3,13-18H2,1-2H3. The zero-order valence-electron chi connectivity index (χ0n) is 18.8. The van der Waals surface area contributed by atoms with E-state index in [9.17, 15) is 9.50 Å². The second-order valence-corrected chi connectivity index (χ2v) is 8.42. The van der Waals surface area contributed by atoms with Gasteiger partial charge in [-0.3, -0.25) is 4.90 Å². The van der Waals surface area contributed by atoms with Crippen molar-refractivity contribution in [1.29, 1.82) is 0 Å². The van der Waals surface area contributed by atoms with Crippen LogP contribution in [-0.4, -0.2) is 58.8 Å². The fourth-order valence-electron chi connectivity index (χ4n) is 4.32. The summed E-state index contributed by atoms with van der Waals surface area (Å²) in [5, 5.41) is 9.74. The van der Waals surface area contributed by atoms with E-state index in [0.29, 0.717) is 24.4 Å². The summed E-state index contributed by atoms with van der Waals surface area (Å²) in [6.45, 7) is 7.92. The van der Waals surface area contributed by atoms with Gasteiger partial charge in [-0.2, -0.15) is 0 Å². The number of hydrogen-bond donors (Lipinski definition) is 1. The first-order valence-corrected chi connectivity index (χ1v) is 11.4. The lowest BCUT2D eigenvalue weighted by atomic mass is 10.0. The van der Waals surface area contributed by atoms with Crippen LogP contribution in [0.3, 0.4) is 0 Å². The summed E-state index contributed by atoms with van der Waals surface area (Å²) < 4.78 is 14.5. The third kappa shape index (κ3) is 5.14. The molecule has 1 saturated heterocycles. The fraction of sp³-hybridized carbons (Fsp3) is 0.385. The number of halogens is 1. The first kappa shape index (κ1) is 22.4. The summed E-state index contributed by atoms with van der Waals surface area (Å²) in [5.74, 6) is 1.41. The topological polar surface area (TPSA) is 52.5 Å². The third-order valence-corrected chi connectivity index (χ3v) is 5.96. The normalized spacial score (nSPS) is 15.7. The molecule has 1 aliphatic heterocycles. The van der Waals surface area contributed by atoms with Crippen molar-refractivity contribution >= 4 is 5.82 Å². The van der Waals surface area contributed by atoms with Crippen LogP contribution < -0.4 is 4.90 Å². The molecule has 2 heterocycles. The Kier molecular flexibility index (Phi) is 7.12. The van der Waals surface area contributed by atoms with Crippen LogP contribution in [0.15, 0.2) is 54.6 Å². The number of hydrogen-bond acceptors (Lipinski definition) is 5. The van der Waals surface area contributed by atoms with Gasteiger partial charge in [0.25, 0.3) is 0 Å². The summed E-state index contributed by atoms with van der Waals surface area (Å²) in [5.41, 5.74) is 3.60. The Morgan fingerprint density at radius 1 is 0.969 bits per heavy atom. The Bertz CT molecular complexity index is 1030. The molecule has 6 heteroatoms. The lowest BCUT2D eigenvalue weighted by Crippen LogP contribution is -2.49. The van der Waals surface area contributed by atoms with Crippen molar-refractivity contribution in [1.82, 2.24) is 14.9 Å². The molecular weight excluding hydrogens is 403 g/mol. The van der Waals surface area contributed by atoms with Gasteiger partial charge in [0.15, 0.2) is 5.82 Å². The second kappa shape index (κ2) is 10.2. The lowest BCUT2D eigenvalue weighted by Gasteiger charge is -2.37. The second-order valence-electron chi connectivity index (χ2n) is 8.42. The van der Waals surface area contributed by atoms with Gasteiger partial charge in [0.2, 0.25) is 0 Å². The molecule has 32 heavy (non-hydrogen) atoms. The molecule has 1 N–H and O–H groups in total. The zero-order valence-corrected chi connectivity index (χ0v) is 18.8. The van der Waals surface area contributed by atoms with E-state index < -0.39 is 0 Å². The quantitative estimate of drug-likeness (QED) is 0.611. The molecule has 1 atom stereocenters. The number of rotatable bonds is 7. The molecule has 1 fully saturated rings. The van der Waals surface area contributed by atoms with Crippen LogP contribution in [0, 0.1) is 5.82 Å². The van der Waals surface area contributed by atoms with Gasteiger partial charge >= 0.3 is 0 Å². The Hall–Kier alpha value is -2.83. The van der Waals surface area contributed by atoms with Crippen molar-refractivity contribution in [2.75, 3.05) is 37.6 Å². The maximum Gasteiger partial charge on any atom is 0.161 e. The minimum absolute atomic E-state index is 0.200. The maximum absolute atomic E-state index is 14.5. The maximum atomic E-state index is 14.5. The first-order valence-electron chi connectivity index (χ1n) is 11.4. The van der Waals surface area contributed by atoms with Gasteiger partial charge in [-0.15, -0.1) is 0 Å². The van der Waals surface area contributed by atoms with Crippen LogP contribution in [0.25, 0.3) is 11.4 Å². The summed E-state index contributed by atoms with van der Waals surface area (Å²) in [7, 11) is 0. The molecule has 1 aliphatic rings. The van der Waals surface area contributed by atoms with Crippen molar-refractivity contribution in [2.24, 2.45) is 0 Å². The monoisotopic (exact) mass is 434 g/mol. The molecule has 0 radical (unpaired) electrons. The molecule has 4 rings (SSSR count). The SMILES string of the molecule is CCc1nc(-c2ccccc2)nc(N2CCN(CC(C)O)CC2)c1Cc1ccccc1F. The van der Waals surface area contributed by atoms with Gasteiger partial charge in [-0.1, -0.05) is 55.5 Å². The van der Waals surface area contributed by atoms with Crippen LogP contribution in [0.2, 0.25) is 0 Å². The predicted molar refractivity (Wildman–Crippen MR) is 126 cm³/mol. The Labute approximate surface area is 189 Å². The molecule has 5 nitrogen and oxygen atoms in total. The van der Waals surface area contributed by atoms with Crippen LogP contribution in [0.4, 0.5) is 10.2 Å². The minimum Gasteiger partial charge on any atom is -0.392 e. The van der Waals surface area contributed by atoms with Crippen molar-refractivity contribution < 1.29 is 9.50 Å². The van der Waals surface area contributed by atoms with Gasteiger partial charge in [-0.05, 0) is 25.0 Å². The number of β-amino-alcohol motifs (C(OH)–C–C–N with tert-alkyl or cyclic N) is 1. The number of nitrogens with zero attached hydrogens (tertiary/aromatic N) is 4. The van der Waals surface area contributed by atoms with Crippen molar-refractivity contribution in [2.45, 2.75) is 32.8 Å². The Morgan fingerprint density at radius 3 is 2.31 bits per heavy atom. The minimum atomic E-state index is -0.339. The summed E-state index contributed by atoms with van der Waals surface area (Å²) in [4.78, 5) is 14.5. The molecule has 2 aromatic carbocycles. The highest BCUT2D eigenvalue weighted by molar-refractivity contribution is 5.61. The molecule has 1 unspecified atom stereocenters. The van der Waals surface area contributed by atoms with Gasteiger partial charge in [0, 0.05) is 56.0 Å². The van der Waals surface area contributed by atoms with Crippen LogP contribution in [0.5, 0.6) is 0 Å². The molecule has 0 amide bonds. The number of aromatic nitrogens is 2. The highest BCUT2D eigenvalue weighted by Crippen LogP contribution is 2.29. The largest absolute Gasteiger partial charge is 0.392 e. The molecular formula is C26H31FN4O. The van der Waals surface area contributed by atoms with Gasteiger partial charge in [0.1, 0.15) is 11.6 Å².